The summed E-state index contributed by atoms with van der Waals surface area (Å²) in [5, 5.41) is 3.24. The highest BCUT2D eigenvalue weighted by atomic mass is 16.7. The molecule has 3 heteroatoms. The van der Waals surface area contributed by atoms with Crippen molar-refractivity contribution in [3.63, 3.8) is 0 Å². The van der Waals surface area contributed by atoms with Crippen LogP contribution in [0.3, 0.4) is 0 Å². The van der Waals surface area contributed by atoms with E-state index in [2.05, 4.69) is 12.2 Å². The van der Waals surface area contributed by atoms with Crippen LogP contribution in [0.2, 0.25) is 0 Å². The van der Waals surface area contributed by atoms with Crippen molar-refractivity contribution in [2.75, 3.05) is 25.1 Å². The monoisotopic (exact) mass is 193 g/mol. The summed E-state index contributed by atoms with van der Waals surface area (Å²) in [5.74, 6) is 0. The molecule has 1 N–H and O–H groups in total. The molecule has 1 aromatic rings. The molecule has 0 spiro atoms. The van der Waals surface area contributed by atoms with Crippen LogP contribution in [0.5, 0.6) is 0 Å². The lowest BCUT2D eigenvalue weighted by Gasteiger charge is -2.10. The molecular formula is C11H15NO2. The van der Waals surface area contributed by atoms with E-state index in [1.165, 1.54) is 0 Å². The standard InChI is InChI=1S/C11H15NO2/c1-2-12-10-5-3-9(4-6-10)11-13-7-8-14-11/h3-6,11-12H,2,7-8H2,1H3. The Morgan fingerprint density at radius 1 is 1.21 bits per heavy atom. The van der Waals surface area contributed by atoms with Gasteiger partial charge in [-0.2, -0.15) is 0 Å². The second-order valence-electron chi connectivity index (χ2n) is 3.23. The maximum Gasteiger partial charge on any atom is 0.184 e. The summed E-state index contributed by atoms with van der Waals surface area (Å²) in [4.78, 5) is 0. The zero-order valence-corrected chi connectivity index (χ0v) is 8.32. The van der Waals surface area contributed by atoms with Gasteiger partial charge >= 0.3 is 0 Å². The fourth-order valence-electron chi connectivity index (χ4n) is 1.51. The summed E-state index contributed by atoms with van der Waals surface area (Å²) in [6.45, 7) is 4.41. The zero-order valence-electron chi connectivity index (χ0n) is 8.32. The number of hydrogen-bond donors (Lipinski definition) is 1. The normalized spacial score (nSPS) is 17.2. The molecule has 1 saturated heterocycles. The Hall–Kier alpha value is -1.06. The largest absolute Gasteiger partial charge is 0.385 e. The Labute approximate surface area is 84.0 Å². The first-order chi connectivity index (χ1) is 6.90. The van der Waals surface area contributed by atoms with Crippen LogP contribution in [-0.2, 0) is 9.47 Å². The number of ether oxygens (including phenoxy) is 2. The highest BCUT2D eigenvalue weighted by Crippen LogP contribution is 2.24. The SMILES string of the molecule is CCNc1ccc(C2OCCO2)cc1. The maximum absolute atomic E-state index is 5.40. The Morgan fingerprint density at radius 2 is 1.86 bits per heavy atom. The van der Waals surface area contributed by atoms with Crippen LogP contribution in [0.25, 0.3) is 0 Å². The molecule has 1 fully saturated rings. The fraction of sp³-hybridized carbons (Fsp3) is 0.455. The second-order valence-corrected chi connectivity index (χ2v) is 3.23. The first kappa shape index (κ1) is 9.49. The molecule has 0 saturated carbocycles. The summed E-state index contributed by atoms with van der Waals surface area (Å²) < 4.78 is 10.8. The topological polar surface area (TPSA) is 30.5 Å². The van der Waals surface area contributed by atoms with E-state index in [-0.39, 0.29) is 6.29 Å². The summed E-state index contributed by atoms with van der Waals surface area (Å²) in [7, 11) is 0. The van der Waals surface area contributed by atoms with E-state index >= 15 is 0 Å². The van der Waals surface area contributed by atoms with Crippen molar-refractivity contribution in [2.24, 2.45) is 0 Å². The molecule has 0 unspecified atom stereocenters. The Kier molecular flexibility index (Phi) is 3.01. The van der Waals surface area contributed by atoms with E-state index in [1.54, 1.807) is 0 Å². The molecule has 0 amide bonds. The molecule has 1 aliphatic heterocycles. The van der Waals surface area contributed by atoms with Crippen molar-refractivity contribution in [1.82, 2.24) is 0 Å². The highest BCUT2D eigenvalue weighted by Gasteiger charge is 2.17. The molecule has 2 rings (SSSR count). The number of benzene rings is 1. The Morgan fingerprint density at radius 3 is 2.43 bits per heavy atom. The first-order valence-corrected chi connectivity index (χ1v) is 4.97. The van der Waals surface area contributed by atoms with Gasteiger partial charge in [0.15, 0.2) is 6.29 Å². The van der Waals surface area contributed by atoms with E-state index < -0.39 is 0 Å². The smallest absolute Gasteiger partial charge is 0.184 e. The van der Waals surface area contributed by atoms with Gasteiger partial charge in [0.05, 0.1) is 13.2 Å². The Balaban J connectivity index is 2.05. The third-order valence-electron chi connectivity index (χ3n) is 2.19. The van der Waals surface area contributed by atoms with Crippen molar-refractivity contribution in [1.29, 1.82) is 0 Å². The van der Waals surface area contributed by atoms with Crippen molar-refractivity contribution >= 4 is 5.69 Å². The van der Waals surface area contributed by atoms with E-state index in [9.17, 15) is 0 Å². The van der Waals surface area contributed by atoms with Gasteiger partial charge in [0.25, 0.3) is 0 Å². The molecule has 0 aliphatic carbocycles. The summed E-state index contributed by atoms with van der Waals surface area (Å²) >= 11 is 0. The highest BCUT2D eigenvalue weighted by molar-refractivity contribution is 5.44. The minimum Gasteiger partial charge on any atom is -0.385 e. The van der Waals surface area contributed by atoms with Crippen LogP contribution < -0.4 is 5.32 Å². The average molecular weight is 193 g/mol. The molecule has 0 radical (unpaired) electrons. The number of hydrogen-bond acceptors (Lipinski definition) is 3. The van der Waals surface area contributed by atoms with Crippen LogP contribution in [0.1, 0.15) is 18.8 Å². The summed E-state index contributed by atoms with van der Waals surface area (Å²) in [6, 6.07) is 8.16. The van der Waals surface area contributed by atoms with Gasteiger partial charge < -0.3 is 14.8 Å². The Bertz CT molecular complexity index is 278. The van der Waals surface area contributed by atoms with Gasteiger partial charge in [-0.1, -0.05) is 12.1 Å². The molecule has 14 heavy (non-hydrogen) atoms. The quantitative estimate of drug-likeness (QED) is 0.798. The van der Waals surface area contributed by atoms with Crippen LogP contribution >= 0.6 is 0 Å². The lowest BCUT2D eigenvalue weighted by atomic mass is 10.2. The van der Waals surface area contributed by atoms with Crippen molar-refractivity contribution in [3.8, 4) is 0 Å². The van der Waals surface area contributed by atoms with Crippen molar-refractivity contribution < 1.29 is 9.47 Å². The van der Waals surface area contributed by atoms with Gasteiger partial charge in [-0.05, 0) is 19.1 Å². The van der Waals surface area contributed by atoms with E-state index in [0.717, 1.165) is 17.8 Å². The second kappa shape index (κ2) is 4.44. The number of rotatable bonds is 3. The third-order valence-corrected chi connectivity index (χ3v) is 2.19. The molecule has 1 aromatic carbocycles. The summed E-state index contributed by atoms with van der Waals surface area (Å²) in [5.41, 5.74) is 2.22. The van der Waals surface area contributed by atoms with Gasteiger partial charge in [-0.3, -0.25) is 0 Å². The maximum atomic E-state index is 5.40. The average Bonchev–Trinajstić information content (AvgIpc) is 2.72. The molecule has 0 aromatic heterocycles. The molecule has 0 bridgehead atoms. The van der Waals surface area contributed by atoms with E-state index in [4.69, 9.17) is 9.47 Å². The van der Waals surface area contributed by atoms with E-state index in [1.807, 2.05) is 24.3 Å². The lowest BCUT2D eigenvalue weighted by Crippen LogP contribution is -1.99. The van der Waals surface area contributed by atoms with Gasteiger partial charge in [0.2, 0.25) is 0 Å². The fourth-order valence-corrected chi connectivity index (χ4v) is 1.51. The molecule has 76 valence electrons. The molecule has 3 nitrogen and oxygen atoms in total. The first-order valence-electron chi connectivity index (χ1n) is 4.97. The van der Waals surface area contributed by atoms with Crippen molar-refractivity contribution in [3.05, 3.63) is 29.8 Å². The van der Waals surface area contributed by atoms with Gasteiger partial charge in [0, 0.05) is 17.8 Å². The number of anilines is 1. The number of nitrogens with one attached hydrogen (secondary N) is 1. The predicted molar refractivity (Wildman–Crippen MR) is 55.3 cm³/mol. The van der Waals surface area contributed by atoms with Crippen LogP contribution in [0.15, 0.2) is 24.3 Å². The zero-order chi connectivity index (χ0) is 9.80. The van der Waals surface area contributed by atoms with Crippen LogP contribution in [0, 0.1) is 0 Å². The van der Waals surface area contributed by atoms with Gasteiger partial charge in [0.1, 0.15) is 0 Å². The third kappa shape index (κ3) is 2.05. The molecule has 1 heterocycles. The van der Waals surface area contributed by atoms with Crippen LogP contribution in [-0.4, -0.2) is 19.8 Å². The molecule has 0 atom stereocenters. The minimum absolute atomic E-state index is 0.161. The van der Waals surface area contributed by atoms with Crippen molar-refractivity contribution in [2.45, 2.75) is 13.2 Å². The van der Waals surface area contributed by atoms with E-state index in [0.29, 0.717) is 13.2 Å². The summed E-state index contributed by atoms with van der Waals surface area (Å²) in [6.07, 6.45) is -0.161. The van der Waals surface area contributed by atoms with Crippen LogP contribution in [0.4, 0.5) is 5.69 Å². The van der Waals surface area contributed by atoms with Gasteiger partial charge in [-0.25, -0.2) is 0 Å². The lowest BCUT2D eigenvalue weighted by molar-refractivity contribution is -0.0441. The predicted octanol–water partition coefficient (Wildman–Crippen LogP) is 2.16. The van der Waals surface area contributed by atoms with Gasteiger partial charge in [-0.15, -0.1) is 0 Å². The molecule has 1 aliphatic rings. The molecular weight excluding hydrogens is 178 g/mol. The minimum atomic E-state index is -0.161.